The highest BCUT2D eigenvalue weighted by Crippen LogP contribution is 2.17. The summed E-state index contributed by atoms with van der Waals surface area (Å²) in [6, 6.07) is 2.66. The van der Waals surface area contributed by atoms with Gasteiger partial charge in [-0.1, -0.05) is 18.2 Å². The summed E-state index contributed by atoms with van der Waals surface area (Å²) in [5.41, 5.74) is 0.617. The number of hydrogen-bond acceptors (Lipinski definition) is 3. The molecule has 0 saturated heterocycles. The summed E-state index contributed by atoms with van der Waals surface area (Å²) in [6.07, 6.45) is 1.46. The Labute approximate surface area is 128 Å². The standard InChI is InChI=1S/C16H20FNO4/c1-4-5-8-22-11(3)15(19)18-14(16(20)21)12-6-7-13(17)10(2)9-12/h4,6-7,9,11,14H,1,5,8H2,2-3H3,(H,18,19)(H,20,21). The van der Waals surface area contributed by atoms with Crippen molar-refractivity contribution in [3.63, 3.8) is 0 Å². The summed E-state index contributed by atoms with van der Waals surface area (Å²) < 4.78 is 18.5. The van der Waals surface area contributed by atoms with Crippen molar-refractivity contribution < 1.29 is 23.8 Å². The van der Waals surface area contributed by atoms with Crippen LogP contribution in [0.15, 0.2) is 30.9 Å². The second-order valence-corrected chi connectivity index (χ2v) is 4.88. The number of nitrogens with one attached hydrogen (secondary N) is 1. The minimum Gasteiger partial charge on any atom is -0.479 e. The third-order valence-electron chi connectivity index (χ3n) is 3.11. The van der Waals surface area contributed by atoms with Gasteiger partial charge in [0.05, 0.1) is 6.61 Å². The van der Waals surface area contributed by atoms with Crippen LogP contribution in [0.25, 0.3) is 0 Å². The van der Waals surface area contributed by atoms with Crippen LogP contribution in [0.4, 0.5) is 4.39 Å². The van der Waals surface area contributed by atoms with Crippen LogP contribution in [0.5, 0.6) is 0 Å². The van der Waals surface area contributed by atoms with Crippen molar-refractivity contribution in [1.29, 1.82) is 0 Å². The molecule has 0 radical (unpaired) electrons. The molecule has 1 amide bonds. The zero-order valence-electron chi connectivity index (χ0n) is 12.6. The highest BCUT2D eigenvalue weighted by Gasteiger charge is 2.25. The summed E-state index contributed by atoms with van der Waals surface area (Å²) in [5.74, 6) is -2.20. The number of carboxylic acids is 1. The molecule has 0 spiro atoms. The molecule has 1 aromatic carbocycles. The largest absolute Gasteiger partial charge is 0.479 e. The first-order valence-corrected chi connectivity index (χ1v) is 6.88. The van der Waals surface area contributed by atoms with Crippen molar-refractivity contribution in [1.82, 2.24) is 5.32 Å². The number of carbonyl (C=O) groups excluding carboxylic acids is 1. The van der Waals surface area contributed by atoms with E-state index in [1.165, 1.54) is 32.0 Å². The molecule has 0 fully saturated rings. The molecule has 1 rings (SSSR count). The summed E-state index contributed by atoms with van der Waals surface area (Å²) >= 11 is 0. The van der Waals surface area contributed by atoms with Gasteiger partial charge in [0.15, 0.2) is 6.04 Å². The van der Waals surface area contributed by atoms with Gasteiger partial charge in [0.25, 0.3) is 0 Å². The van der Waals surface area contributed by atoms with E-state index in [1.807, 2.05) is 0 Å². The number of aryl methyl sites for hydroxylation is 1. The number of carbonyl (C=O) groups is 2. The first-order chi connectivity index (χ1) is 10.4. The molecular weight excluding hydrogens is 289 g/mol. The summed E-state index contributed by atoms with van der Waals surface area (Å²) in [4.78, 5) is 23.3. The maximum atomic E-state index is 13.3. The van der Waals surface area contributed by atoms with Crippen LogP contribution in [-0.4, -0.2) is 29.7 Å². The second-order valence-electron chi connectivity index (χ2n) is 4.88. The van der Waals surface area contributed by atoms with Crippen molar-refractivity contribution >= 4 is 11.9 Å². The van der Waals surface area contributed by atoms with Gasteiger partial charge in [0, 0.05) is 0 Å². The van der Waals surface area contributed by atoms with Gasteiger partial charge in [-0.2, -0.15) is 0 Å². The second kappa shape index (κ2) is 8.29. The van der Waals surface area contributed by atoms with Gasteiger partial charge in [0.1, 0.15) is 11.9 Å². The number of aliphatic carboxylic acids is 1. The van der Waals surface area contributed by atoms with Gasteiger partial charge in [-0.25, -0.2) is 9.18 Å². The molecule has 22 heavy (non-hydrogen) atoms. The summed E-state index contributed by atoms with van der Waals surface area (Å²) in [7, 11) is 0. The lowest BCUT2D eigenvalue weighted by Crippen LogP contribution is -2.40. The number of benzene rings is 1. The molecule has 5 nitrogen and oxygen atoms in total. The number of ether oxygens (including phenoxy) is 1. The van der Waals surface area contributed by atoms with E-state index in [1.54, 1.807) is 6.08 Å². The topological polar surface area (TPSA) is 75.6 Å². The zero-order chi connectivity index (χ0) is 16.7. The molecule has 1 aromatic rings. The molecular formula is C16H20FNO4. The van der Waals surface area contributed by atoms with Crippen LogP contribution in [0, 0.1) is 12.7 Å². The van der Waals surface area contributed by atoms with Gasteiger partial charge in [-0.3, -0.25) is 4.79 Å². The predicted molar refractivity (Wildman–Crippen MR) is 79.9 cm³/mol. The maximum Gasteiger partial charge on any atom is 0.330 e. The van der Waals surface area contributed by atoms with E-state index in [-0.39, 0.29) is 0 Å². The molecule has 2 N–H and O–H groups in total. The minimum atomic E-state index is -1.25. The molecule has 0 aliphatic rings. The minimum absolute atomic E-state index is 0.304. The predicted octanol–water partition coefficient (Wildman–Crippen LogP) is 2.36. The number of hydrogen-bond donors (Lipinski definition) is 2. The Kier molecular flexibility index (Phi) is 6.72. The normalized spacial score (nSPS) is 13.2. The van der Waals surface area contributed by atoms with Crippen LogP contribution in [0.2, 0.25) is 0 Å². The average molecular weight is 309 g/mol. The van der Waals surface area contributed by atoms with E-state index < -0.39 is 29.8 Å². The van der Waals surface area contributed by atoms with Gasteiger partial charge in [0.2, 0.25) is 5.91 Å². The Morgan fingerprint density at radius 1 is 1.50 bits per heavy atom. The van der Waals surface area contributed by atoms with E-state index in [4.69, 9.17) is 4.74 Å². The lowest BCUT2D eigenvalue weighted by Gasteiger charge is -2.19. The Morgan fingerprint density at radius 3 is 2.73 bits per heavy atom. The van der Waals surface area contributed by atoms with Crippen LogP contribution in [0.3, 0.4) is 0 Å². The smallest absolute Gasteiger partial charge is 0.330 e. The van der Waals surface area contributed by atoms with Gasteiger partial charge in [-0.15, -0.1) is 6.58 Å². The monoisotopic (exact) mass is 309 g/mol. The highest BCUT2D eigenvalue weighted by atomic mass is 19.1. The van der Waals surface area contributed by atoms with E-state index in [0.29, 0.717) is 24.2 Å². The van der Waals surface area contributed by atoms with Crippen molar-refractivity contribution in [2.75, 3.05) is 6.61 Å². The summed E-state index contributed by atoms with van der Waals surface area (Å²) in [5, 5.41) is 11.7. The van der Waals surface area contributed by atoms with Crippen molar-refractivity contribution in [2.24, 2.45) is 0 Å². The lowest BCUT2D eigenvalue weighted by molar-refractivity contribution is -0.144. The molecule has 6 heteroatoms. The first kappa shape index (κ1) is 17.8. The average Bonchev–Trinajstić information content (AvgIpc) is 2.47. The molecule has 0 saturated carbocycles. The van der Waals surface area contributed by atoms with E-state index >= 15 is 0 Å². The fourth-order valence-corrected chi connectivity index (χ4v) is 1.80. The first-order valence-electron chi connectivity index (χ1n) is 6.88. The molecule has 0 aromatic heterocycles. The lowest BCUT2D eigenvalue weighted by atomic mass is 10.0. The quantitative estimate of drug-likeness (QED) is 0.571. The molecule has 0 heterocycles. The SMILES string of the molecule is C=CCCOC(C)C(=O)NC(C(=O)O)c1ccc(F)c(C)c1. The van der Waals surface area contributed by atoms with Gasteiger partial charge in [-0.05, 0) is 37.5 Å². The Balaban J connectivity index is 2.79. The Morgan fingerprint density at radius 2 is 2.18 bits per heavy atom. The molecule has 2 atom stereocenters. The fraction of sp³-hybridized carbons (Fsp3) is 0.375. The molecule has 2 unspecified atom stereocenters. The molecule has 0 bridgehead atoms. The Hall–Kier alpha value is -2.21. The van der Waals surface area contributed by atoms with E-state index in [9.17, 15) is 19.1 Å². The highest BCUT2D eigenvalue weighted by molar-refractivity contribution is 5.86. The molecule has 0 aliphatic carbocycles. The van der Waals surface area contributed by atoms with E-state index in [2.05, 4.69) is 11.9 Å². The van der Waals surface area contributed by atoms with Crippen LogP contribution in [-0.2, 0) is 14.3 Å². The zero-order valence-corrected chi connectivity index (χ0v) is 12.6. The number of carboxylic acid groups (broad SMARTS) is 1. The summed E-state index contributed by atoms with van der Waals surface area (Å²) in [6.45, 7) is 6.93. The Bertz CT molecular complexity index is 559. The molecule has 120 valence electrons. The number of halogens is 1. The maximum absolute atomic E-state index is 13.3. The third kappa shape index (κ3) is 4.96. The van der Waals surface area contributed by atoms with Crippen LogP contribution < -0.4 is 5.32 Å². The number of amides is 1. The van der Waals surface area contributed by atoms with Gasteiger partial charge >= 0.3 is 5.97 Å². The van der Waals surface area contributed by atoms with Crippen LogP contribution >= 0.6 is 0 Å². The van der Waals surface area contributed by atoms with Crippen molar-refractivity contribution in [3.8, 4) is 0 Å². The molecule has 0 aliphatic heterocycles. The van der Waals surface area contributed by atoms with Crippen LogP contribution in [0.1, 0.15) is 30.5 Å². The van der Waals surface area contributed by atoms with E-state index in [0.717, 1.165) is 0 Å². The third-order valence-corrected chi connectivity index (χ3v) is 3.11. The fourth-order valence-electron chi connectivity index (χ4n) is 1.80. The van der Waals surface area contributed by atoms with Crippen molar-refractivity contribution in [2.45, 2.75) is 32.4 Å². The van der Waals surface area contributed by atoms with Gasteiger partial charge < -0.3 is 15.2 Å². The van der Waals surface area contributed by atoms with Crippen molar-refractivity contribution in [3.05, 3.63) is 47.8 Å². The number of rotatable bonds is 8.